The van der Waals surface area contributed by atoms with E-state index < -0.39 is 0 Å². The Kier molecular flexibility index (Phi) is 5.75. The molecule has 0 aliphatic carbocycles. The fraction of sp³-hybridized carbons (Fsp3) is 0.800. The van der Waals surface area contributed by atoms with Gasteiger partial charge in [-0.15, -0.1) is 10.2 Å². The molecule has 1 heterocycles. The summed E-state index contributed by atoms with van der Waals surface area (Å²) in [6.07, 6.45) is 1.39. The smallest absolute Gasteiger partial charge is 0.143 e. The van der Waals surface area contributed by atoms with Gasteiger partial charge >= 0.3 is 0 Å². The minimum absolute atomic E-state index is 0.246. The Morgan fingerprint density at radius 1 is 1.33 bits per heavy atom. The topological polar surface area (TPSA) is 47.0 Å². The van der Waals surface area contributed by atoms with Gasteiger partial charge in [0.15, 0.2) is 0 Å². The van der Waals surface area contributed by atoms with Crippen LogP contribution in [0.5, 0.6) is 0 Å². The molecule has 1 aromatic heterocycles. The Morgan fingerprint density at radius 3 is 2.73 bits per heavy atom. The van der Waals surface area contributed by atoms with Gasteiger partial charge in [0, 0.05) is 6.54 Å². The lowest BCUT2D eigenvalue weighted by Crippen LogP contribution is -2.13. The van der Waals surface area contributed by atoms with Crippen LogP contribution in [0.15, 0.2) is 0 Å². The lowest BCUT2D eigenvalue weighted by atomic mass is 10.5. The highest BCUT2D eigenvalue weighted by Crippen LogP contribution is 2.11. The number of hydrogen-bond acceptors (Lipinski definition) is 5. The number of ether oxygens (including phenoxy) is 1. The first-order valence-corrected chi connectivity index (χ1v) is 6.17. The fourth-order valence-corrected chi connectivity index (χ4v) is 1.76. The summed E-state index contributed by atoms with van der Waals surface area (Å²) in [5.74, 6) is 0. The summed E-state index contributed by atoms with van der Waals surface area (Å²) in [4.78, 5) is 0. The van der Waals surface area contributed by atoms with Crippen LogP contribution in [0.25, 0.3) is 0 Å². The molecule has 0 aliphatic rings. The minimum Gasteiger partial charge on any atom is -0.372 e. The van der Waals surface area contributed by atoms with Crippen molar-refractivity contribution >= 4 is 11.3 Å². The monoisotopic (exact) mass is 229 g/mol. The molecule has 0 atom stereocenters. The van der Waals surface area contributed by atoms with Gasteiger partial charge in [-0.25, -0.2) is 0 Å². The van der Waals surface area contributed by atoms with Crippen LogP contribution in [-0.4, -0.2) is 22.8 Å². The van der Waals surface area contributed by atoms with E-state index in [0.29, 0.717) is 6.61 Å². The third-order valence-electron chi connectivity index (χ3n) is 1.75. The van der Waals surface area contributed by atoms with Gasteiger partial charge in [0.1, 0.15) is 16.6 Å². The molecule has 0 bridgehead atoms. The van der Waals surface area contributed by atoms with Crippen molar-refractivity contribution in [2.75, 3.05) is 6.54 Å². The Labute approximate surface area is 95.1 Å². The number of hydrogen-bond donors (Lipinski definition) is 1. The van der Waals surface area contributed by atoms with Crippen molar-refractivity contribution < 1.29 is 4.74 Å². The summed E-state index contributed by atoms with van der Waals surface area (Å²) < 4.78 is 5.45. The van der Waals surface area contributed by atoms with Crippen molar-refractivity contribution in [3.05, 3.63) is 10.0 Å². The molecule has 0 unspecified atom stereocenters. The van der Waals surface area contributed by atoms with E-state index in [9.17, 15) is 0 Å². The van der Waals surface area contributed by atoms with Gasteiger partial charge in [0.05, 0.1) is 6.10 Å². The average molecular weight is 229 g/mol. The van der Waals surface area contributed by atoms with Gasteiger partial charge in [-0.3, -0.25) is 0 Å². The maximum absolute atomic E-state index is 5.45. The molecule has 0 radical (unpaired) electrons. The quantitative estimate of drug-likeness (QED) is 0.726. The Balaban J connectivity index is 2.29. The van der Waals surface area contributed by atoms with Gasteiger partial charge in [0.2, 0.25) is 0 Å². The number of nitrogens with one attached hydrogen (secondary N) is 1. The second kappa shape index (κ2) is 6.87. The minimum atomic E-state index is 0.246. The van der Waals surface area contributed by atoms with E-state index in [1.165, 1.54) is 0 Å². The van der Waals surface area contributed by atoms with Crippen molar-refractivity contribution in [2.24, 2.45) is 0 Å². The molecule has 0 aliphatic heterocycles. The van der Waals surface area contributed by atoms with E-state index >= 15 is 0 Å². The van der Waals surface area contributed by atoms with E-state index in [1.54, 1.807) is 11.3 Å². The Hall–Kier alpha value is -0.520. The van der Waals surface area contributed by atoms with Crippen LogP contribution >= 0.6 is 11.3 Å². The molecular weight excluding hydrogens is 210 g/mol. The van der Waals surface area contributed by atoms with Crippen molar-refractivity contribution in [1.82, 2.24) is 15.5 Å². The Morgan fingerprint density at radius 2 is 2.07 bits per heavy atom. The molecule has 15 heavy (non-hydrogen) atoms. The Bertz CT molecular complexity index is 275. The van der Waals surface area contributed by atoms with Crippen LogP contribution in [-0.2, 0) is 17.9 Å². The third kappa shape index (κ3) is 5.20. The summed E-state index contributed by atoms with van der Waals surface area (Å²) in [7, 11) is 0. The van der Waals surface area contributed by atoms with Crippen LogP contribution in [0.4, 0.5) is 0 Å². The molecular formula is C10H19N3OS. The highest BCUT2D eigenvalue weighted by atomic mass is 32.1. The summed E-state index contributed by atoms with van der Waals surface area (Å²) in [5, 5.41) is 13.4. The molecule has 0 spiro atoms. The maximum Gasteiger partial charge on any atom is 0.143 e. The van der Waals surface area contributed by atoms with Gasteiger partial charge in [-0.2, -0.15) is 0 Å². The van der Waals surface area contributed by atoms with E-state index in [1.807, 2.05) is 13.8 Å². The van der Waals surface area contributed by atoms with Crippen LogP contribution in [0.2, 0.25) is 0 Å². The van der Waals surface area contributed by atoms with Gasteiger partial charge in [0.25, 0.3) is 0 Å². The molecule has 5 heteroatoms. The van der Waals surface area contributed by atoms with Crippen LogP contribution < -0.4 is 5.32 Å². The first-order chi connectivity index (χ1) is 7.22. The standard InChI is InChI=1S/C10H19N3OS/c1-4-5-11-6-9-12-13-10(15-9)7-14-8(2)3/h8,11H,4-7H2,1-3H3. The lowest BCUT2D eigenvalue weighted by Gasteiger charge is -2.03. The molecule has 0 saturated heterocycles. The van der Waals surface area contributed by atoms with E-state index in [4.69, 9.17) is 4.74 Å². The van der Waals surface area contributed by atoms with Gasteiger partial charge < -0.3 is 10.1 Å². The summed E-state index contributed by atoms with van der Waals surface area (Å²) >= 11 is 1.62. The summed E-state index contributed by atoms with van der Waals surface area (Å²) in [6.45, 7) is 8.60. The number of nitrogens with zero attached hydrogens (tertiary/aromatic N) is 2. The van der Waals surface area contributed by atoms with Crippen molar-refractivity contribution in [3.8, 4) is 0 Å². The zero-order valence-corrected chi connectivity index (χ0v) is 10.4. The zero-order valence-electron chi connectivity index (χ0n) is 9.62. The molecule has 0 fully saturated rings. The van der Waals surface area contributed by atoms with Gasteiger partial charge in [-0.1, -0.05) is 18.3 Å². The van der Waals surface area contributed by atoms with Crippen molar-refractivity contribution in [3.63, 3.8) is 0 Å². The zero-order chi connectivity index (χ0) is 11.1. The fourth-order valence-electron chi connectivity index (χ4n) is 1.03. The normalized spacial score (nSPS) is 11.2. The molecule has 1 N–H and O–H groups in total. The second-order valence-electron chi connectivity index (χ2n) is 3.63. The average Bonchev–Trinajstić information content (AvgIpc) is 2.63. The molecule has 86 valence electrons. The molecule has 0 aromatic carbocycles. The number of aromatic nitrogens is 2. The van der Waals surface area contributed by atoms with Crippen molar-refractivity contribution in [2.45, 2.75) is 46.4 Å². The molecule has 0 amide bonds. The van der Waals surface area contributed by atoms with E-state index in [-0.39, 0.29) is 6.10 Å². The first-order valence-electron chi connectivity index (χ1n) is 5.36. The summed E-state index contributed by atoms with van der Waals surface area (Å²) in [6, 6.07) is 0. The third-order valence-corrected chi connectivity index (χ3v) is 2.65. The molecule has 4 nitrogen and oxygen atoms in total. The van der Waals surface area contributed by atoms with Crippen LogP contribution in [0.1, 0.15) is 37.2 Å². The highest BCUT2D eigenvalue weighted by Gasteiger charge is 2.04. The predicted octanol–water partition coefficient (Wildman–Crippen LogP) is 1.96. The van der Waals surface area contributed by atoms with Crippen LogP contribution in [0.3, 0.4) is 0 Å². The summed E-state index contributed by atoms with van der Waals surface area (Å²) in [5.41, 5.74) is 0. The van der Waals surface area contributed by atoms with E-state index in [2.05, 4.69) is 22.4 Å². The highest BCUT2D eigenvalue weighted by molar-refractivity contribution is 7.11. The molecule has 1 rings (SSSR count). The van der Waals surface area contributed by atoms with Crippen molar-refractivity contribution in [1.29, 1.82) is 0 Å². The van der Waals surface area contributed by atoms with Crippen LogP contribution in [0, 0.1) is 0 Å². The second-order valence-corrected chi connectivity index (χ2v) is 4.77. The predicted molar refractivity (Wildman–Crippen MR) is 61.8 cm³/mol. The molecule has 0 saturated carbocycles. The van der Waals surface area contributed by atoms with E-state index in [0.717, 1.165) is 29.5 Å². The number of rotatable bonds is 7. The lowest BCUT2D eigenvalue weighted by molar-refractivity contribution is 0.0652. The largest absolute Gasteiger partial charge is 0.372 e. The SMILES string of the molecule is CCCNCc1nnc(COC(C)C)s1. The molecule has 1 aromatic rings. The van der Waals surface area contributed by atoms with Gasteiger partial charge in [-0.05, 0) is 26.8 Å². The first kappa shape index (κ1) is 12.5. The maximum atomic E-state index is 5.45.